The summed E-state index contributed by atoms with van der Waals surface area (Å²) in [6.45, 7) is 4.19. The molecule has 9 nitrogen and oxygen atoms in total. The SMILES string of the molecule is C=C(Cc1ccccc1)Nc1cncc(-c2cc3c(-c4nc5c(-c6ccncc6)cncc5[nH]4)n[nH]c3cn2)c1. The van der Waals surface area contributed by atoms with Crippen molar-refractivity contribution in [2.45, 2.75) is 6.42 Å². The van der Waals surface area contributed by atoms with Crippen LogP contribution in [0.15, 0.2) is 110 Å². The lowest BCUT2D eigenvalue weighted by atomic mass is 10.1. The number of benzene rings is 1. The Bertz CT molecular complexity index is 1980. The van der Waals surface area contributed by atoms with Crippen LogP contribution in [0.2, 0.25) is 0 Å². The van der Waals surface area contributed by atoms with E-state index in [9.17, 15) is 0 Å². The van der Waals surface area contributed by atoms with Gasteiger partial charge in [0.25, 0.3) is 0 Å². The van der Waals surface area contributed by atoms with E-state index < -0.39 is 0 Å². The molecule has 1 aromatic carbocycles. The number of aromatic nitrogens is 8. The zero-order chi connectivity index (χ0) is 26.9. The van der Waals surface area contributed by atoms with Gasteiger partial charge in [0.15, 0.2) is 5.82 Å². The quantitative estimate of drug-likeness (QED) is 0.229. The molecule has 40 heavy (non-hydrogen) atoms. The second kappa shape index (κ2) is 9.88. The summed E-state index contributed by atoms with van der Waals surface area (Å²) < 4.78 is 0. The van der Waals surface area contributed by atoms with Gasteiger partial charge in [0.05, 0.1) is 46.5 Å². The molecule has 0 aliphatic rings. The summed E-state index contributed by atoms with van der Waals surface area (Å²) >= 11 is 0. The molecule has 7 rings (SSSR count). The Morgan fingerprint density at radius 2 is 1.68 bits per heavy atom. The molecule has 9 heteroatoms. The molecule has 192 valence electrons. The van der Waals surface area contributed by atoms with Gasteiger partial charge in [0, 0.05) is 53.4 Å². The van der Waals surface area contributed by atoms with Gasteiger partial charge in [-0.3, -0.25) is 25.0 Å². The molecule has 0 atom stereocenters. The number of fused-ring (bicyclic) bond motifs is 2. The fourth-order valence-electron chi connectivity index (χ4n) is 4.78. The fraction of sp³-hybridized carbons (Fsp3) is 0.0323. The van der Waals surface area contributed by atoms with Crippen molar-refractivity contribution in [3.63, 3.8) is 0 Å². The number of allylic oxidation sites excluding steroid dienone is 1. The van der Waals surface area contributed by atoms with E-state index in [0.29, 0.717) is 11.5 Å². The maximum absolute atomic E-state index is 4.91. The minimum absolute atomic E-state index is 0.646. The zero-order valence-corrected chi connectivity index (χ0v) is 21.3. The Morgan fingerprint density at radius 1 is 0.825 bits per heavy atom. The highest BCUT2D eigenvalue weighted by Gasteiger charge is 2.17. The van der Waals surface area contributed by atoms with Crippen LogP contribution >= 0.6 is 0 Å². The van der Waals surface area contributed by atoms with E-state index in [2.05, 4.69) is 59.1 Å². The molecule has 3 N–H and O–H groups in total. The first kappa shape index (κ1) is 23.4. The first-order valence-electron chi connectivity index (χ1n) is 12.7. The van der Waals surface area contributed by atoms with Crippen molar-refractivity contribution in [3.8, 4) is 33.9 Å². The van der Waals surface area contributed by atoms with Crippen LogP contribution in [0.4, 0.5) is 5.69 Å². The van der Waals surface area contributed by atoms with Gasteiger partial charge >= 0.3 is 0 Å². The van der Waals surface area contributed by atoms with Crippen molar-refractivity contribution < 1.29 is 0 Å². The molecule has 7 aromatic rings. The number of rotatable bonds is 7. The van der Waals surface area contributed by atoms with Crippen molar-refractivity contribution in [1.29, 1.82) is 0 Å². The lowest BCUT2D eigenvalue weighted by molar-refractivity contribution is 1.10. The highest BCUT2D eigenvalue weighted by molar-refractivity contribution is 5.97. The zero-order valence-electron chi connectivity index (χ0n) is 21.3. The maximum Gasteiger partial charge on any atom is 0.159 e. The average molecular weight is 522 g/mol. The second-order valence-electron chi connectivity index (χ2n) is 9.45. The molecule has 0 amide bonds. The lowest BCUT2D eigenvalue weighted by Gasteiger charge is -2.11. The number of anilines is 1. The Kier molecular flexibility index (Phi) is 5.78. The van der Waals surface area contributed by atoms with Crippen LogP contribution in [0.1, 0.15) is 5.56 Å². The van der Waals surface area contributed by atoms with Crippen molar-refractivity contribution in [2.75, 3.05) is 5.32 Å². The molecule has 6 aromatic heterocycles. The van der Waals surface area contributed by atoms with Gasteiger partial charge in [-0.1, -0.05) is 36.9 Å². The molecule has 0 saturated heterocycles. The number of pyridine rings is 4. The summed E-state index contributed by atoms with van der Waals surface area (Å²) in [6, 6.07) is 18.1. The summed E-state index contributed by atoms with van der Waals surface area (Å²) in [4.78, 5) is 25.9. The predicted molar refractivity (Wildman–Crippen MR) is 156 cm³/mol. The smallest absolute Gasteiger partial charge is 0.159 e. The van der Waals surface area contributed by atoms with E-state index in [1.165, 1.54) is 5.56 Å². The van der Waals surface area contributed by atoms with Gasteiger partial charge in [-0.05, 0) is 35.4 Å². The average Bonchev–Trinajstić information content (AvgIpc) is 3.62. The molecular formula is C31H23N9. The monoisotopic (exact) mass is 521 g/mol. The molecule has 0 fully saturated rings. The van der Waals surface area contributed by atoms with Crippen LogP contribution in [0.3, 0.4) is 0 Å². The van der Waals surface area contributed by atoms with Crippen LogP contribution in [0.25, 0.3) is 55.8 Å². The topological polar surface area (TPSA) is 121 Å². The Balaban J connectivity index is 1.21. The first-order chi connectivity index (χ1) is 19.7. The summed E-state index contributed by atoms with van der Waals surface area (Å²) in [5.41, 5.74) is 9.66. The molecule has 0 spiro atoms. The number of H-pyrrole nitrogens is 2. The minimum atomic E-state index is 0.646. The second-order valence-corrected chi connectivity index (χ2v) is 9.45. The fourth-order valence-corrected chi connectivity index (χ4v) is 4.78. The molecule has 0 bridgehead atoms. The normalized spacial score (nSPS) is 11.2. The van der Waals surface area contributed by atoms with E-state index in [-0.39, 0.29) is 0 Å². The summed E-state index contributed by atoms with van der Waals surface area (Å²) in [5, 5.41) is 11.9. The Hall–Kier alpha value is -5.70. The number of aromatic amines is 2. The first-order valence-corrected chi connectivity index (χ1v) is 12.7. The highest BCUT2D eigenvalue weighted by atomic mass is 15.1. The van der Waals surface area contributed by atoms with Crippen LogP contribution in [-0.2, 0) is 6.42 Å². The molecule has 0 aliphatic carbocycles. The predicted octanol–water partition coefficient (Wildman–Crippen LogP) is 6.19. The highest BCUT2D eigenvalue weighted by Crippen LogP contribution is 2.32. The largest absolute Gasteiger partial charge is 0.358 e. The molecule has 0 unspecified atom stereocenters. The van der Waals surface area contributed by atoms with E-state index in [1.54, 1.807) is 37.2 Å². The molecule has 0 aliphatic heterocycles. The van der Waals surface area contributed by atoms with Crippen molar-refractivity contribution >= 4 is 27.6 Å². The third kappa shape index (κ3) is 4.45. The van der Waals surface area contributed by atoms with E-state index in [0.717, 1.165) is 62.1 Å². The van der Waals surface area contributed by atoms with Crippen molar-refractivity contribution in [1.82, 2.24) is 40.1 Å². The van der Waals surface area contributed by atoms with Gasteiger partial charge in [-0.15, -0.1) is 0 Å². The summed E-state index contributed by atoms with van der Waals surface area (Å²) in [6.07, 6.45) is 13.2. The minimum Gasteiger partial charge on any atom is -0.358 e. The molecule has 6 heterocycles. The van der Waals surface area contributed by atoms with E-state index >= 15 is 0 Å². The van der Waals surface area contributed by atoms with Gasteiger partial charge in [0.2, 0.25) is 0 Å². The van der Waals surface area contributed by atoms with E-state index in [1.807, 2.05) is 48.7 Å². The number of hydrogen-bond donors (Lipinski definition) is 3. The van der Waals surface area contributed by atoms with Crippen LogP contribution < -0.4 is 5.32 Å². The standard InChI is InChI=1S/C31H23N9/c1-19(11-20-5-3-2-4-6-20)36-23-12-22(14-33-15-23)26-13-24-27(18-35-26)39-40-30(24)31-37-28-17-34-16-25(29(28)38-31)21-7-9-32-10-8-21/h2-10,12-18,36H,1,11H2,(H,37,38)(H,39,40). The maximum atomic E-state index is 4.91. The van der Waals surface area contributed by atoms with Gasteiger partial charge in [0.1, 0.15) is 5.69 Å². The Morgan fingerprint density at radius 3 is 2.55 bits per heavy atom. The number of imidazole rings is 1. The van der Waals surface area contributed by atoms with Gasteiger partial charge < -0.3 is 10.3 Å². The van der Waals surface area contributed by atoms with Crippen LogP contribution in [0, 0.1) is 0 Å². The van der Waals surface area contributed by atoms with Crippen molar-refractivity contribution in [2.24, 2.45) is 0 Å². The molecular weight excluding hydrogens is 498 g/mol. The number of hydrogen-bond acceptors (Lipinski definition) is 7. The Labute approximate surface area is 229 Å². The summed E-state index contributed by atoms with van der Waals surface area (Å²) in [5.74, 6) is 0.646. The van der Waals surface area contributed by atoms with Crippen molar-refractivity contribution in [3.05, 3.63) is 116 Å². The third-order valence-corrected chi connectivity index (χ3v) is 6.67. The summed E-state index contributed by atoms with van der Waals surface area (Å²) in [7, 11) is 0. The van der Waals surface area contributed by atoms with Gasteiger partial charge in [-0.2, -0.15) is 5.10 Å². The molecule has 0 saturated carbocycles. The number of nitrogens with one attached hydrogen (secondary N) is 3. The molecule has 0 radical (unpaired) electrons. The lowest BCUT2D eigenvalue weighted by Crippen LogP contribution is -2.02. The third-order valence-electron chi connectivity index (χ3n) is 6.67. The van der Waals surface area contributed by atoms with Crippen LogP contribution in [-0.4, -0.2) is 40.1 Å². The van der Waals surface area contributed by atoms with E-state index in [4.69, 9.17) is 4.98 Å². The number of nitrogens with zero attached hydrogens (tertiary/aromatic N) is 6. The van der Waals surface area contributed by atoms with Gasteiger partial charge in [-0.25, -0.2) is 4.98 Å². The van der Waals surface area contributed by atoms with Crippen LogP contribution in [0.5, 0.6) is 0 Å².